The normalized spacial score (nSPS) is 14.6. The monoisotopic (exact) mass is 678 g/mol. The molecule has 0 bridgehead atoms. The zero-order valence-corrected chi connectivity index (χ0v) is 25.5. The number of carbonyl (C=O) groups is 4. The summed E-state index contributed by atoms with van der Waals surface area (Å²) in [6, 6.07) is 12.8. The summed E-state index contributed by atoms with van der Waals surface area (Å²) in [5, 5.41) is 0. The van der Waals surface area contributed by atoms with Gasteiger partial charge in [-0.3, -0.25) is 0 Å². The summed E-state index contributed by atoms with van der Waals surface area (Å²) >= 11 is 0. The third-order valence-electron chi connectivity index (χ3n) is 6.27. The molecule has 0 saturated carbocycles. The van der Waals surface area contributed by atoms with Crippen LogP contribution in [0.25, 0.3) is 5.76 Å². The molecule has 0 spiro atoms. The second kappa shape index (κ2) is 15.8. The molecule has 3 aromatic rings. The van der Waals surface area contributed by atoms with Crippen LogP contribution in [0.3, 0.4) is 0 Å². The molecule has 0 aliphatic carbocycles. The van der Waals surface area contributed by atoms with Crippen molar-refractivity contribution in [2.24, 2.45) is 0 Å². The summed E-state index contributed by atoms with van der Waals surface area (Å²) in [5.74, 6) is -8.06. The van der Waals surface area contributed by atoms with Crippen LogP contribution in [0.2, 0.25) is 0 Å². The highest BCUT2D eigenvalue weighted by atomic mass is 19.2. The van der Waals surface area contributed by atoms with E-state index in [-0.39, 0.29) is 36.0 Å². The Bertz CT molecular complexity index is 2170. The molecule has 2 unspecified atom stereocenters. The fraction of sp³-hybridized carbons (Fsp3) is 0.108. The molecular formula is C37H20F2O11. The van der Waals surface area contributed by atoms with Crippen molar-refractivity contribution in [3.8, 4) is 17.2 Å². The molecular weight excluding hydrogens is 658 g/mol. The molecule has 2 atom stereocenters. The van der Waals surface area contributed by atoms with Gasteiger partial charge >= 0.3 is 29.8 Å². The number of hydrogen-bond donors (Lipinski definition) is 0. The highest BCUT2D eigenvalue weighted by Crippen LogP contribution is 2.27. The summed E-state index contributed by atoms with van der Waals surface area (Å²) in [4.78, 5) is 49.3. The van der Waals surface area contributed by atoms with E-state index in [1.807, 2.05) is 0 Å². The van der Waals surface area contributed by atoms with Crippen LogP contribution in [0.5, 0.6) is 17.2 Å². The van der Waals surface area contributed by atoms with Crippen LogP contribution in [-0.4, -0.2) is 49.3 Å². The third-order valence-corrected chi connectivity index (χ3v) is 6.27. The fourth-order valence-electron chi connectivity index (χ4n) is 3.69. The van der Waals surface area contributed by atoms with Gasteiger partial charge in [-0.2, -0.15) is 4.39 Å². The first-order valence-corrected chi connectivity index (χ1v) is 14.2. The van der Waals surface area contributed by atoms with E-state index in [0.29, 0.717) is 5.56 Å². The topological polar surface area (TPSA) is 139 Å². The number of esters is 4. The minimum Gasteiger partial charge on any atom is -0.423 e. The molecule has 11 nitrogen and oxygen atoms in total. The van der Waals surface area contributed by atoms with E-state index < -0.39 is 65.0 Å². The van der Waals surface area contributed by atoms with Gasteiger partial charge in [-0.25, -0.2) is 23.6 Å². The second-order valence-corrected chi connectivity index (χ2v) is 9.75. The SMILES string of the molecule is C=C=C=C=C=C=C(OC(=O)C1CO1)c1ccc(C(=O)Oc2ccc(OC(=O)c3ccc(OC(=C=C=C)OC(=O)C4CO4)c(F)c3F)cc2)cc1. The van der Waals surface area contributed by atoms with E-state index in [1.165, 1.54) is 48.5 Å². The van der Waals surface area contributed by atoms with Gasteiger partial charge in [0.25, 0.3) is 0 Å². The maximum atomic E-state index is 14.8. The van der Waals surface area contributed by atoms with Gasteiger partial charge in [-0.05, 0) is 96.7 Å². The smallest absolute Gasteiger partial charge is 0.349 e. The van der Waals surface area contributed by atoms with Crippen LogP contribution in [0.4, 0.5) is 8.78 Å². The Morgan fingerprint density at radius 3 is 1.80 bits per heavy atom. The number of hydrogen-bond acceptors (Lipinski definition) is 11. The van der Waals surface area contributed by atoms with Gasteiger partial charge in [0, 0.05) is 11.3 Å². The molecule has 2 saturated heterocycles. The van der Waals surface area contributed by atoms with Crippen molar-refractivity contribution in [3.63, 3.8) is 0 Å². The Morgan fingerprint density at radius 1 is 0.640 bits per heavy atom. The maximum Gasteiger partial charge on any atom is 0.349 e. The van der Waals surface area contributed by atoms with E-state index in [2.05, 4.69) is 53.3 Å². The number of epoxide rings is 2. The average molecular weight is 679 g/mol. The van der Waals surface area contributed by atoms with Crippen LogP contribution in [0.1, 0.15) is 26.3 Å². The average Bonchev–Trinajstić information content (AvgIpc) is 4.03. The zero-order chi connectivity index (χ0) is 35.6. The van der Waals surface area contributed by atoms with Crippen molar-refractivity contribution < 1.29 is 61.1 Å². The maximum absolute atomic E-state index is 14.8. The Balaban J connectivity index is 1.21. The van der Waals surface area contributed by atoms with E-state index >= 15 is 0 Å². The molecule has 0 amide bonds. The summed E-state index contributed by atoms with van der Waals surface area (Å²) in [6.07, 6.45) is -1.48. The van der Waals surface area contributed by atoms with E-state index in [9.17, 15) is 28.0 Å². The number of halogens is 2. The lowest BCUT2D eigenvalue weighted by molar-refractivity contribution is -0.144. The van der Waals surface area contributed by atoms with E-state index in [0.717, 1.165) is 12.1 Å². The number of carbonyl (C=O) groups excluding carboxylic acids is 4. The Kier molecular flexibility index (Phi) is 10.8. The van der Waals surface area contributed by atoms with Crippen molar-refractivity contribution in [1.29, 1.82) is 0 Å². The number of rotatable bonds is 11. The lowest BCUT2D eigenvalue weighted by Crippen LogP contribution is -2.15. The standard InChI is InChI=1S/C37H20F2O11/c1-3-5-6-7-9-27(49-36(42)29-20-44-29)22-10-12-23(13-11-22)34(40)46-24-14-16-25(17-15-24)47-35(41)26-18-19-28(33(39)32(26)38)48-31(8-4-2)50-37(43)30-21-45-30/h10-19,29-30H,1-2,20-21H2. The molecule has 2 aliphatic rings. The van der Waals surface area contributed by atoms with Gasteiger partial charge in [0.15, 0.2) is 29.5 Å². The van der Waals surface area contributed by atoms with Crippen LogP contribution in [0.15, 0.2) is 120 Å². The molecule has 50 heavy (non-hydrogen) atoms. The van der Waals surface area contributed by atoms with Crippen LogP contribution < -0.4 is 14.2 Å². The molecule has 5 rings (SSSR count). The Hall–Kier alpha value is -6.94. The van der Waals surface area contributed by atoms with Crippen LogP contribution in [-0.2, 0) is 28.5 Å². The summed E-state index contributed by atoms with van der Waals surface area (Å²) < 4.78 is 65.0. The minimum absolute atomic E-state index is 0.00426. The van der Waals surface area contributed by atoms with Crippen LogP contribution >= 0.6 is 0 Å². The van der Waals surface area contributed by atoms with Crippen LogP contribution in [0, 0.1) is 11.6 Å². The van der Waals surface area contributed by atoms with Crippen molar-refractivity contribution >= 4 is 29.6 Å². The van der Waals surface area contributed by atoms with Crippen molar-refractivity contribution in [2.75, 3.05) is 13.2 Å². The first-order valence-electron chi connectivity index (χ1n) is 14.2. The van der Waals surface area contributed by atoms with Gasteiger partial charge in [0.05, 0.1) is 24.3 Å². The summed E-state index contributed by atoms with van der Waals surface area (Å²) in [5.41, 5.74) is 16.5. The number of ether oxygens (including phenoxy) is 7. The first kappa shape index (κ1) is 34.4. The Labute approximate surface area is 281 Å². The van der Waals surface area contributed by atoms with Gasteiger partial charge in [0.1, 0.15) is 11.5 Å². The van der Waals surface area contributed by atoms with Gasteiger partial charge in [-0.1, -0.05) is 11.5 Å². The zero-order valence-electron chi connectivity index (χ0n) is 25.5. The predicted molar refractivity (Wildman–Crippen MR) is 164 cm³/mol. The molecule has 0 N–H and O–H groups in total. The quantitative estimate of drug-likeness (QED) is 0.0870. The lowest BCUT2D eigenvalue weighted by atomic mass is 10.1. The first-order chi connectivity index (χ1) is 24.2. The molecule has 0 radical (unpaired) electrons. The summed E-state index contributed by atoms with van der Waals surface area (Å²) in [7, 11) is 0. The van der Waals surface area contributed by atoms with Gasteiger partial charge in [-0.15, -0.1) is 0 Å². The molecule has 248 valence electrons. The highest BCUT2D eigenvalue weighted by Gasteiger charge is 2.35. The highest BCUT2D eigenvalue weighted by molar-refractivity contribution is 5.92. The molecule has 2 fully saturated rings. The molecule has 3 aromatic carbocycles. The van der Waals surface area contributed by atoms with E-state index in [1.54, 1.807) is 0 Å². The number of benzene rings is 3. The van der Waals surface area contributed by atoms with E-state index in [4.69, 9.17) is 33.2 Å². The largest absolute Gasteiger partial charge is 0.423 e. The van der Waals surface area contributed by atoms with Crippen molar-refractivity contribution in [1.82, 2.24) is 0 Å². The van der Waals surface area contributed by atoms with Gasteiger partial charge < -0.3 is 33.2 Å². The second-order valence-electron chi connectivity index (χ2n) is 9.75. The molecule has 13 heteroatoms. The summed E-state index contributed by atoms with van der Waals surface area (Å²) in [6.45, 7) is 6.98. The van der Waals surface area contributed by atoms with Crippen molar-refractivity contribution in [2.45, 2.75) is 12.2 Å². The fourth-order valence-corrected chi connectivity index (χ4v) is 3.69. The van der Waals surface area contributed by atoms with Crippen molar-refractivity contribution in [3.05, 3.63) is 148 Å². The lowest BCUT2D eigenvalue weighted by Gasteiger charge is -2.11. The Morgan fingerprint density at radius 2 is 1.22 bits per heavy atom. The molecule has 2 aliphatic heterocycles. The third kappa shape index (κ3) is 9.11. The predicted octanol–water partition coefficient (Wildman–Crippen LogP) is 5.19. The molecule has 2 heterocycles. The molecule has 0 aromatic heterocycles. The minimum atomic E-state index is -1.60. The van der Waals surface area contributed by atoms with Gasteiger partial charge in [0.2, 0.25) is 5.82 Å².